The molecule has 1 aromatic rings. The summed E-state index contributed by atoms with van der Waals surface area (Å²) in [7, 11) is 0. The predicted molar refractivity (Wildman–Crippen MR) is 59.5 cm³/mol. The Hall–Kier alpha value is -1.25. The summed E-state index contributed by atoms with van der Waals surface area (Å²) in [6, 6.07) is 1.96. The lowest BCUT2D eigenvalue weighted by Gasteiger charge is -2.11. The molecule has 0 saturated heterocycles. The molecule has 0 aliphatic heterocycles. The number of aromatic nitrogens is 1. The van der Waals surface area contributed by atoms with Crippen LogP contribution >= 0.6 is 0 Å². The van der Waals surface area contributed by atoms with E-state index in [1.54, 1.807) is 4.57 Å². The van der Waals surface area contributed by atoms with Crippen LogP contribution in [0.25, 0.3) is 0 Å². The number of unbranched alkanes of at least 4 members (excludes halogenated alkanes) is 1. The van der Waals surface area contributed by atoms with Crippen molar-refractivity contribution in [1.29, 1.82) is 0 Å². The lowest BCUT2D eigenvalue weighted by molar-refractivity contribution is 0.599. The summed E-state index contributed by atoms with van der Waals surface area (Å²) >= 11 is 0. The van der Waals surface area contributed by atoms with Crippen LogP contribution in [-0.2, 0) is 6.54 Å². The molecule has 0 fully saturated rings. The van der Waals surface area contributed by atoms with E-state index in [0.29, 0.717) is 5.69 Å². The van der Waals surface area contributed by atoms with Gasteiger partial charge in [-0.15, -0.1) is 0 Å². The van der Waals surface area contributed by atoms with Gasteiger partial charge in [-0.3, -0.25) is 4.79 Å². The van der Waals surface area contributed by atoms with Crippen molar-refractivity contribution < 1.29 is 0 Å². The van der Waals surface area contributed by atoms with Crippen molar-refractivity contribution in [2.24, 2.45) is 0 Å². The molecule has 3 nitrogen and oxygen atoms in total. The van der Waals surface area contributed by atoms with Gasteiger partial charge in [-0.1, -0.05) is 13.3 Å². The molecule has 14 heavy (non-hydrogen) atoms. The largest absolute Gasteiger partial charge is 0.394 e. The van der Waals surface area contributed by atoms with Crippen LogP contribution in [0.2, 0.25) is 0 Å². The van der Waals surface area contributed by atoms with Gasteiger partial charge in [0, 0.05) is 12.2 Å². The van der Waals surface area contributed by atoms with Gasteiger partial charge in [-0.2, -0.15) is 0 Å². The Balaban J connectivity index is 3.16. The zero-order valence-corrected chi connectivity index (χ0v) is 9.13. The van der Waals surface area contributed by atoms with Gasteiger partial charge in [-0.25, -0.2) is 0 Å². The number of rotatable bonds is 3. The van der Waals surface area contributed by atoms with Crippen LogP contribution in [0.3, 0.4) is 0 Å². The number of nitrogens with zero attached hydrogens (tertiary/aromatic N) is 1. The molecule has 0 aliphatic carbocycles. The standard InChI is InChI=1S/C11H18N2O/c1-4-5-6-13-9(3)7-8(2)10(12)11(13)14/h7H,4-6,12H2,1-3H3. The van der Waals surface area contributed by atoms with Crippen LogP contribution < -0.4 is 11.3 Å². The second-order valence-electron chi connectivity index (χ2n) is 3.69. The van der Waals surface area contributed by atoms with Gasteiger partial charge in [0.15, 0.2) is 0 Å². The minimum absolute atomic E-state index is 0.0454. The third kappa shape index (κ3) is 1.97. The lowest BCUT2D eigenvalue weighted by Crippen LogP contribution is -2.25. The number of nitrogen functional groups attached to an aromatic ring is 1. The average Bonchev–Trinajstić information content (AvgIpc) is 2.14. The van der Waals surface area contributed by atoms with Crippen molar-refractivity contribution in [3.63, 3.8) is 0 Å². The summed E-state index contributed by atoms with van der Waals surface area (Å²) < 4.78 is 1.76. The van der Waals surface area contributed by atoms with Crippen molar-refractivity contribution >= 4 is 5.69 Å². The third-order valence-corrected chi connectivity index (χ3v) is 2.49. The summed E-state index contributed by atoms with van der Waals surface area (Å²) in [6.45, 7) is 6.70. The smallest absolute Gasteiger partial charge is 0.274 e. The monoisotopic (exact) mass is 194 g/mol. The molecule has 1 aromatic heterocycles. The van der Waals surface area contributed by atoms with Crippen molar-refractivity contribution in [2.75, 3.05) is 5.73 Å². The molecule has 3 heteroatoms. The number of aryl methyl sites for hydroxylation is 2. The first kappa shape index (κ1) is 10.8. The zero-order valence-electron chi connectivity index (χ0n) is 9.13. The summed E-state index contributed by atoms with van der Waals surface area (Å²) in [5.74, 6) is 0. The number of anilines is 1. The summed E-state index contributed by atoms with van der Waals surface area (Å²) in [6.07, 6.45) is 2.10. The Kier molecular flexibility index (Phi) is 3.33. The van der Waals surface area contributed by atoms with Crippen molar-refractivity contribution in [3.8, 4) is 0 Å². The predicted octanol–water partition coefficient (Wildman–Crippen LogP) is 1.85. The topological polar surface area (TPSA) is 48.0 Å². The van der Waals surface area contributed by atoms with Gasteiger partial charge in [-0.05, 0) is 31.9 Å². The van der Waals surface area contributed by atoms with Crippen LogP contribution in [0.5, 0.6) is 0 Å². The van der Waals surface area contributed by atoms with Crippen LogP contribution in [0.15, 0.2) is 10.9 Å². The van der Waals surface area contributed by atoms with Gasteiger partial charge in [0.25, 0.3) is 5.56 Å². The van der Waals surface area contributed by atoms with Crippen molar-refractivity contribution in [3.05, 3.63) is 27.7 Å². The molecule has 0 spiro atoms. The maximum atomic E-state index is 11.8. The fourth-order valence-electron chi connectivity index (χ4n) is 1.54. The number of hydrogen-bond acceptors (Lipinski definition) is 2. The first-order valence-corrected chi connectivity index (χ1v) is 5.04. The van der Waals surface area contributed by atoms with Gasteiger partial charge in [0.1, 0.15) is 5.69 Å². The minimum Gasteiger partial charge on any atom is -0.394 e. The number of pyridine rings is 1. The quantitative estimate of drug-likeness (QED) is 0.798. The molecule has 0 amide bonds. The highest BCUT2D eigenvalue weighted by Crippen LogP contribution is 2.08. The van der Waals surface area contributed by atoms with Gasteiger partial charge >= 0.3 is 0 Å². The van der Waals surface area contributed by atoms with Crippen molar-refractivity contribution in [1.82, 2.24) is 4.57 Å². The van der Waals surface area contributed by atoms with E-state index >= 15 is 0 Å². The molecule has 0 unspecified atom stereocenters. The number of hydrogen-bond donors (Lipinski definition) is 1. The first-order chi connectivity index (χ1) is 6.57. The van der Waals surface area contributed by atoms with Crippen LogP contribution in [0.4, 0.5) is 5.69 Å². The van der Waals surface area contributed by atoms with Crippen LogP contribution in [-0.4, -0.2) is 4.57 Å². The molecule has 0 saturated carbocycles. The Morgan fingerprint density at radius 2 is 2.07 bits per heavy atom. The van der Waals surface area contributed by atoms with Crippen LogP contribution in [0, 0.1) is 13.8 Å². The molecule has 1 heterocycles. The Morgan fingerprint density at radius 3 is 2.64 bits per heavy atom. The SMILES string of the molecule is CCCCn1c(C)cc(C)c(N)c1=O. The number of nitrogens with two attached hydrogens (primary N) is 1. The molecule has 0 atom stereocenters. The lowest BCUT2D eigenvalue weighted by atomic mass is 10.2. The maximum absolute atomic E-state index is 11.8. The zero-order chi connectivity index (χ0) is 10.7. The van der Waals surface area contributed by atoms with E-state index in [2.05, 4.69) is 6.92 Å². The molecule has 0 radical (unpaired) electrons. The van der Waals surface area contributed by atoms with E-state index in [1.165, 1.54) is 0 Å². The molecule has 78 valence electrons. The highest BCUT2D eigenvalue weighted by atomic mass is 16.1. The minimum atomic E-state index is -0.0454. The normalized spacial score (nSPS) is 10.5. The molecule has 1 rings (SSSR count). The molecular weight excluding hydrogens is 176 g/mol. The third-order valence-electron chi connectivity index (χ3n) is 2.49. The Labute approximate surface area is 84.6 Å². The van der Waals surface area contributed by atoms with E-state index in [1.807, 2.05) is 19.9 Å². The molecular formula is C11H18N2O. The molecule has 0 aromatic carbocycles. The molecule has 2 N–H and O–H groups in total. The van der Waals surface area contributed by atoms with Gasteiger partial charge in [0.05, 0.1) is 0 Å². The molecule has 0 bridgehead atoms. The van der Waals surface area contributed by atoms with E-state index in [4.69, 9.17) is 5.73 Å². The highest BCUT2D eigenvalue weighted by molar-refractivity contribution is 5.44. The molecule has 0 aliphatic rings. The average molecular weight is 194 g/mol. The first-order valence-electron chi connectivity index (χ1n) is 5.04. The Morgan fingerprint density at radius 1 is 1.43 bits per heavy atom. The second-order valence-corrected chi connectivity index (χ2v) is 3.69. The van der Waals surface area contributed by atoms with Crippen LogP contribution in [0.1, 0.15) is 31.0 Å². The van der Waals surface area contributed by atoms with E-state index in [9.17, 15) is 4.79 Å². The fraction of sp³-hybridized carbons (Fsp3) is 0.545. The fourth-order valence-corrected chi connectivity index (χ4v) is 1.54. The highest BCUT2D eigenvalue weighted by Gasteiger charge is 2.06. The summed E-state index contributed by atoms with van der Waals surface area (Å²) in [4.78, 5) is 11.8. The van der Waals surface area contributed by atoms with E-state index < -0.39 is 0 Å². The second kappa shape index (κ2) is 4.31. The van der Waals surface area contributed by atoms with E-state index in [-0.39, 0.29) is 5.56 Å². The van der Waals surface area contributed by atoms with Gasteiger partial charge in [0.2, 0.25) is 0 Å². The van der Waals surface area contributed by atoms with E-state index in [0.717, 1.165) is 30.6 Å². The maximum Gasteiger partial charge on any atom is 0.274 e. The van der Waals surface area contributed by atoms with Crippen molar-refractivity contribution in [2.45, 2.75) is 40.2 Å². The Bertz CT molecular complexity index is 380. The van der Waals surface area contributed by atoms with Gasteiger partial charge < -0.3 is 10.3 Å². The summed E-state index contributed by atoms with van der Waals surface area (Å²) in [5.41, 5.74) is 7.90. The summed E-state index contributed by atoms with van der Waals surface area (Å²) in [5, 5.41) is 0.